The Morgan fingerprint density at radius 2 is 1.44 bits per heavy atom. The maximum absolute atomic E-state index is 9.60. The van der Waals surface area contributed by atoms with Crippen molar-refractivity contribution in [3.63, 3.8) is 0 Å². The van der Waals surface area contributed by atoms with Crippen LogP contribution < -0.4 is 0 Å². The molecule has 0 amide bonds. The monoisotopic (exact) mass is 266 g/mol. The molecular formula is C12H26O6. The number of hydrogen-bond acceptors (Lipinski definition) is 6. The molecule has 2 atom stereocenters. The lowest BCUT2D eigenvalue weighted by molar-refractivity contribution is -0.0525. The van der Waals surface area contributed by atoms with Gasteiger partial charge < -0.3 is 29.9 Å². The lowest BCUT2D eigenvalue weighted by atomic mass is 10.1. The van der Waals surface area contributed by atoms with Gasteiger partial charge in [0, 0.05) is 6.61 Å². The van der Waals surface area contributed by atoms with Crippen molar-refractivity contribution < 1.29 is 29.9 Å². The van der Waals surface area contributed by atoms with Gasteiger partial charge in [-0.2, -0.15) is 0 Å². The summed E-state index contributed by atoms with van der Waals surface area (Å²) in [6.07, 6.45) is 1.17. The smallest absolute Gasteiger partial charge is 0.103 e. The van der Waals surface area contributed by atoms with Crippen molar-refractivity contribution in [3.05, 3.63) is 0 Å². The van der Waals surface area contributed by atoms with Gasteiger partial charge in [-0.25, -0.2) is 0 Å². The molecule has 0 aromatic carbocycles. The van der Waals surface area contributed by atoms with Gasteiger partial charge in [-0.15, -0.1) is 0 Å². The van der Waals surface area contributed by atoms with Gasteiger partial charge in [-0.05, 0) is 12.8 Å². The molecule has 0 aliphatic carbocycles. The molecule has 2 unspecified atom stereocenters. The maximum atomic E-state index is 9.60. The van der Waals surface area contributed by atoms with Crippen LogP contribution >= 0.6 is 0 Å². The summed E-state index contributed by atoms with van der Waals surface area (Å²) < 4.78 is 10.1. The van der Waals surface area contributed by atoms with Gasteiger partial charge in [0.15, 0.2) is 0 Å². The van der Waals surface area contributed by atoms with Gasteiger partial charge in [0.25, 0.3) is 0 Å². The quantitative estimate of drug-likeness (QED) is 0.329. The molecule has 0 saturated carbocycles. The molecule has 0 aromatic heterocycles. The molecule has 18 heavy (non-hydrogen) atoms. The van der Waals surface area contributed by atoms with Gasteiger partial charge in [-0.1, -0.05) is 12.8 Å². The van der Waals surface area contributed by atoms with Crippen LogP contribution in [-0.4, -0.2) is 72.3 Å². The van der Waals surface area contributed by atoms with E-state index in [1.165, 1.54) is 0 Å². The van der Waals surface area contributed by atoms with Crippen LogP contribution in [0.25, 0.3) is 0 Å². The minimum Gasteiger partial charge on any atom is -0.396 e. The first-order valence-corrected chi connectivity index (χ1v) is 6.45. The summed E-state index contributed by atoms with van der Waals surface area (Å²) in [6.45, 7) is 1.18. The highest BCUT2D eigenvalue weighted by Crippen LogP contribution is 2.07. The Labute approximate surface area is 108 Å². The Bertz CT molecular complexity index is 167. The highest BCUT2D eigenvalue weighted by Gasteiger charge is 2.15. The molecule has 0 aliphatic heterocycles. The van der Waals surface area contributed by atoms with Crippen molar-refractivity contribution >= 4 is 0 Å². The van der Waals surface area contributed by atoms with E-state index in [1.807, 2.05) is 0 Å². The Kier molecular flexibility index (Phi) is 13.0. The standard InChI is InChI=1S/C12H26O6/c13-5-3-1-2-4-11(15)12(16)10-18-9-8-17-7-6-14/h11-16H,1-10H2. The molecule has 0 aliphatic rings. The van der Waals surface area contributed by atoms with Crippen LogP contribution in [0.2, 0.25) is 0 Å². The molecule has 0 heterocycles. The van der Waals surface area contributed by atoms with Crippen LogP contribution in [-0.2, 0) is 9.47 Å². The predicted octanol–water partition coefficient (Wildman–Crippen LogP) is -0.714. The van der Waals surface area contributed by atoms with Crippen molar-refractivity contribution in [3.8, 4) is 0 Å². The van der Waals surface area contributed by atoms with Crippen molar-refractivity contribution in [1.82, 2.24) is 0 Å². The fourth-order valence-electron chi connectivity index (χ4n) is 1.43. The molecule has 0 saturated heterocycles. The summed E-state index contributed by atoms with van der Waals surface area (Å²) in [7, 11) is 0. The van der Waals surface area contributed by atoms with Crippen molar-refractivity contribution in [2.75, 3.05) is 39.6 Å². The van der Waals surface area contributed by atoms with Crippen LogP contribution in [0.3, 0.4) is 0 Å². The fourth-order valence-corrected chi connectivity index (χ4v) is 1.43. The third-order valence-electron chi connectivity index (χ3n) is 2.50. The van der Waals surface area contributed by atoms with E-state index < -0.39 is 12.2 Å². The lowest BCUT2D eigenvalue weighted by Gasteiger charge is -2.17. The Balaban J connectivity index is 3.35. The third kappa shape index (κ3) is 10.9. The zero-order valence-corrected chi connectivity index (χ0v) is 10.8. The Morgan fingerprint density at radius 3 is 2.11 bits per heavy atom. The number of ether oxygens (including phenoxy) is 2. The van der Waals surface area contributed by atoms with Crippen molar-refractivity contribution in [2.45, 2.75) is 37.9 Å². The Hall–Kier alpha value is -0.240. The lowest BCUT2D eigenvalue weighted by Crippen LogP contribution is -2.31. The van der Waals surface area contributed by atoms with Gasteiger partial charge in [-0.3, -0.25) is 0 Å². The van der Waals surface area contributed by atoms with E-state index in [0.717, 1.165) is 19.3 Å². The molecule has 6 heteroatoms. The first kappa shape index (κ1) is 17.8. The molecule has 0 rings (SSSR count). The van der Waals surface area contributed by atoms with Crippen molar-refractivity contribution in [1.29, 1.82) is 0 Å². The average molecular weight is 266 g/mol. The normalized spacial score (nSPS) is 14.7. The summed E-state index contributed by atoms with van der Waals surface area (Å²) >= 11 is 0. The second kappa shape index (κ2) is 13.2. The molecule has 0 aromatic rings. The van der Waals surface area contributed by atoms with Crippen LogP contribution in [0.1, 0.15) is 25.7 Å². The Morgan fingerprint density at radius 1 is 0.722 bits per heavy atom. The summed E-state index contributed by atoms with van der Waals surface area (Å²) in [5, 5.41) is 36.2. The maximum Gasteiger partial charge on any atom is 0.103 e. The highest BCUT2D eigenvalue weighted by atomic mass is 16.5. The average Bonchev–Trinajstić information content (AvgIpc) is 2.38. The van der Waals surface area contributed by atoms with E-state index in [-0.39, 0.29) is 26.4 Å². The van der Waals surface area contributed by atoms with E-state index in [2.05, 4.69) is 0 Å². The third-order valence-corrected chi connectivity index (χ3v) is 2.50. The summed E-state index contributed by atoms with van der Waals surface area (Å²) in [5.41, 5.74) is 0. The predicted molar refractivity (Wildman–Crippen MR) is 66.3 cm³/mol. The van der Waals surface area contributed by atoms with Gasteiger partial charge in [0.2, 0.25) is 0 Å². The summed E-state index contributed by atoms with van der Waals surface area (Å²) in [5.74, 6) is 0. The molecule has 0 radical (unpaired) electrons. The van der Waals surface area contributed by atoms with Gasteiger partial charge >= 0.3 is 0 Å². The van der Waals surface area contributed by atoms with Crippen LogP contribution in [0, 0.1) is 0 Å². The summed E-state index contributed by atoms with van der Waals surface area (Å²) in [6, 6.07) is 0. The summed E-state index contributed by atoms with van der Waals surface area (Å²) in [4.78, 5) is 0. The zero-order chi connectivity index (χ0) is 13.6. The van der Waals surface area contributed by atoms with Gasteiger partial charge in [0.1, 0.15) is 6.10 Å². The zero-order valence-electron chi connectivity index (χ0n) is 10.8. The van der Waals surface area contributed by atoms with E-state index >= 15 is 0 Å². The first-order chi connectivity index (χ1) is 8.72. The number of aliphatic hydroxyl groups is 4. The SMILES string of the molecule is OCCCCCC(O)C(O)COCCOCCO. The molecule has 0 fully saturated rings. The van der Waals surface area contributed by atoms with Gasteiger partial charge in [0.05, 0.1) is 39.1 Å². The first-order valence-electron chi connectivity index (χ1n) is 6.45. The molecule has 110 valence electrons. The van der Waals surface area contributed by atoms with Crippen LogP contribution in [0.15, 0.2) is 0 Å². The van der Waals surface area contributed by atoms with E-state index in [4.69, 9.17) is 19.7 Å². The number of unbranched alkanes of at least 4 members (excludes halogenated alkanes) is 2. The molecule has 0 spiro atoms. The number of rotatable bonds is 13. The molecular weight excluding hydrogens is 240 g/mol. The molecule has 0 bridgehead atoms. The van der Waals surface area contributed by atoms with Crippen LogP contribution in [0.5, 0.6) is 0 Å². The topological polar surface area (TPSA) is 99.4 Å². The number of hydrogen-bond donors (Lipinski definition) is 4. The second-order valence-corrected chi connectivity index (χ2v) is 4.12. The van der Waals surface area contributed by atoms with Crippen molar-refractivity contribution in [2.24, 2.45) is 0 Å². The molecule has 4 N–H and O–H groups in total. The van der Waals surface area contributed by atoms with E-state index in [9.17, 15) is 10.2 Å². The van der Waals surface area contributed by atoms with E-state index in [1.54, 1.807) is 0 Å². The minimum atomic E-state index is -0.892. The van der Waals surface area contributed by atoms with Crippen LogP contribution in [0.4, 0.5) is 0 Å². The number of aliphatic hydroxyl groups excluding tert-OH is 4. The highest BCUT2D eigenvalue weighted by molar-refractivity contribution is 4.66. The largest absolute Gasteiger partial charge is 0.396 e. The fraction of sp³-hybridized carbons (Fsp3) is 1.00. The molecule has 6 nitrogen and oxygen atoms in total. The minimum absolute atomic E-state index is 0.0187. The van der Waals surface area contributed by atoms with E-state index in [0.29, 0.717) is 19.6 Å². The second-order valence-electron chi connectivity index (χ2n) is 4.12.